The van der Waals surface area contributed by atoms with Crippen LogP contribution >= 0.6 is 33.9 Å². The molecule has 0 aliphatic heterocycles. The first-order valence-corrected chi connectivity index (χ1v) is 6.30. The van der Waals surface area contributed by atoms with Crippen LogP contribution in [-0.4, -0.2) is 5.11 Å². The van der Waals surface area contributed by atoms with Crippen LogP contribution in [0, 0.1) is 8.70 Å². The van der Waals surface area contributed by atoms with Crippen molar-refractivity contribution in [3.8, 4) is 0 Å². The van der Waals surface area contributed by atoms with Crippen LogP contribution in [0.3, 0.4) is 0 Å². The summed E-state index contributed by atoms with van der Waals surface area (Å²) < 4.78 is 13.8. The first-order valence-electron chi connectivity index (χ1n) is 4.34. The molecule has 2 rings (SSSR count). The Morgan fingerprint density at radius 2 is 1.87 bits per heavy atom. The summed E-state index contributed by atoms with van der Waals surface area (Å²) in [5.41, 5.74) is 1.57. The van der Waals surface area contributed by atoms with Crippen molar-refractivity contribution in [2.24, 2.45) is 0 Å². The molecular formula is C11H8FIOS. The molecule has 0 fully saturated rings. The quantitative estimate of drug-likeness (QED) is 0.833. The first-order chi connectivity index (χ1) is 7.16. The Kier molecular flexibility index (Phi) is 3.38. The lowest BCUT2D eigenvalue weighted by Gasteiger charge is -2.08. The highest BCUT2D eigenvalue weighted by molar-refractivity contribution is 14.1. The predicted octanol–water partition coefficient (Wildman–Crippen LogP) is 3.57. The zero-order valence-electron chi connectivity index (χ0n) is 7.65. The lowest BCUT2D eigenvalue weighted by Crippen LogP contribution is -1.97. The Bertz CT molecular complexity index is 452. The molecule has 0 bridgehead atoms. The lowest BCUT2D eigenvalue weighted by molar-refractivity contribution is 0.220. The highest BCUT2D eigenvalue weighted by atomic mass is 127. The third kappa shape index (κ3) is 2.56. The van der Waals surface area contributed by atoms with Gasteiger partial charge in [-0.3, -0.25) is 0 Å². The minimum absolute atomic E-state index is 0.286. The van der Waals surface area contributed by atoms with Crippen molar-refractivity contribution in [3.05, 3.63) is 55.5 Å². The minimum Gasteiger partial charge on any atom is -0.384 e. The van der Waals surface area contributed by atoms with Crippen molar-refractivity contribution in [3.63, 3.8) is 0 Å². The Balaban J connectivity index is 2.28. The van der Waals surface area contributed by atoms with Crippen molar-refractivity contribution in [2.45, 2.75) is 6.10 Å². The van der Waals surface area contributed by atoms with E-state index in [1.54, 1.807) is 23.5 Å². The van der Waals surface area contributed by atoms with Crippen LogP contribution in [0.15, 0.2) is 35.7 Å². The zero-order valence-corrected chi connectivity index (χ0v) is 10.6. The molecule has 1 N–H and O–H groups in total. The van der Waals surface area contributed by atoms with E-state index in [0.717, 1.165) is 8.45 Å². The van der Waals surface area contributed by atoms with Crippen LogP contribution in [0.2, 0.25) is 0 Å². The zero-order chi connectivity index (χ0) is 10.8. The monoisotopic (exact) mass is 334 g/mol. The average Bonchev–Trinajstić information content (AvgIpc) is 2.65. The molecule has 0 aliphatic carbocycles. The van der Waals surface area contributed by atoms with Gasteiger partial charge in [0, 0.05) is 0 Å². The first kappa shape index (κ1) is 11.0. The van der Waals surface area contributed by atoms with Gasteiger partial charge in [-0.2, -0.15) is 0 Å². The summed E-state index contributed by atoms with van der Waals surface area (Å²) in [5, 5.41) is 11.9. The molecule has 0 radical (unpaired) electrons. The molecule has 78 valence electrons. The second-order valence-corrected chi connectivity index (χ2v) is 5.94. The normalized spacial score (nSPS) is 12.7. The molecule has 15 heavy (non-hydrogen) atoms. The molecule has 1 heterocycles. The topological polar surface area (TPSA) is 20.2 Å². The second kappa shape index (κ2) is 4.59. The van der Waals surface area contributed by atoms with E-state index in [1.165, 1.54) is 12.1 Å². The number of halogens is 2. The van der Waals surface area contributed by atoms with E-state index in [0.29, 0.717) is 5.56 Å². The van der Waals surface area contributed by atoms with Gasteiger partial charge in [-0.25, -0.2) is 4.39 Å². The molecule has 1 aromatic carbocycles. The van der Waals surface area contributed by atoms with Gasteiger partial charge in [0.05, 0.1) is 2.88 Å². The predicted molar refractivity (Wildman–Crippen MR) is 67.5 cm³/mol. The van der Waals surface area contributed by atoms with E-state index in [9.17, 15) is 9.50 Å². The van der Waals surface area contributed by atoms with Gasteiger partial charge in [0.15, 0.2) is 0 Å². The van der Waals surface area contributed by atoms with E-state index in [2.05, 4.69) is 22.6 Å². The Labute approximate surface area is 105 Å². The maximum absolute atomic E-state index is 12.7. The Morgan fingerprint density at radius 3 is 2.40 bits per heavy atom. The number of hydrogen-bond donors (Lipinski definition) is 1. The van der Waals surface area contributed by atoms with Crippen LogP contribution in [-0.2, 0) is 0 Å². The number of aliphatic hydroxyl groups excluding tert-OH is 1. The van der Waals surface area contributed by atoms with Crippen molar-refractivity contribution < 1.29 is 9.50 Å². The number of benzene rings is 1. The lowest BCUT2D eigenvalue weighted by atomic mass is 10.0. The Morgan fingerprint density at radius 1 is 1.20 bits per heavy atom. The number of rotatable bonds is 2. The van der Waals surface area contributed by atoms with Crippen molar-refractivity contribution in [2.75, 3.05) is 0 Å². The Hall–Kier alpha value is -0.460. The highest BCUT2D eigenvalue weighted by Crippen LogP contribution is 2.27. The van der Waals surface area contributed by atoms with E-state index in [1.807, 2.05) is 11.4 Å². The van der Waals surface area contributed by atoms with E-state index in [4.69, 9.17) is 0 Å². The van der Waals surface area contributed by atoms with Crippen molar-refractivity contribution >= 4 is 33.9 Å². The summed E-state index contributed by atoms with van der Waals surface area (Å²) in [7, 11) is 0. The summed E-state index contributed by atoms with van der Waals surface area (Å²) in [4.78, 5) is 0. The summed E-state index contributed by atoms with van der Waals surface area (Å²) in [6, 6.07) is 7.85. The molecule has 4 heteroatoms. The molecule has 1 nitrogen and oxygen atoms in total. The van der Waals surface area contributed by atoms with Crippen LogP contribution in [0.1, 0.15) is 17.2 Å². The van der Waals surface area contributed by atoms with E-state index < -0.39 is 6.10 Å². The van der Waals surface area contributed by atoms with Crippen LogP contribution in [0.5, 0.6) is 0 Å². The molecule has 0 spiro atoms. The fourth-order valence-corrected chi connectivity index (χ4v) is 2.70. The van der Waals surface area contributed by atoms with Gasteiger partial charge in [0.25, 0.3) is 0 Å². The molecule has 2 aromatic rings. The van der Waals surface area contributed by atoms with Crippen LogP contribution in [0.25, 0.3) is 0 Å². The molecule has 1 unspecified atom stereocenters. The number of hydrogen-bond acceptors (Lipinski definition) is 2. The van der Waals surface area contributed by atoms with Crippen molar-refractivity contribution in [1.29, 1.82) is 0 Å². The second-order valence-electron chi connectivity index (χ2n) is 3.14. The smallest absolute Gasteiger partial charge is 0.123 e. The minimum atomic E-state index is -0.662. The average molecular weight is 334 g/mol. The van der Waals surface area contributed by atoms with Gasteiger partial charge in [-0.05, 0) is 57.3 Å². The number of thiophene rings is 1. The summed E-state index contributed by atoms with van der Waals surface area (Å²) in [6.45, 7) is 0. The maximum Gasteiger partial charge on any atom is 0.123 e. The molecule has 0 saturated carbocycles. The van der Waals surface area contributed by atoms with Gasteiger partial charge in [0.2, 0.25) is 0 Å². The van der Waals surface area contributed by atoms with Crippen molar-refractivity contribution in [1.82, 2.24) is 0 Å². The fraction of sp³-hybridized carbons (Fsp3) is 0.0909. The van der Waals surface area contributed by atoms with Gasteiger partial charge < -0.3 is 5.11 Å². The summed E-state index contributed by atoms with van der Waals surface area (Å²) >= 11 is 3.79. The highest BCUT2D eigenvalue weighted by Gasteiger charge is 2.11. The molecule has 0 aliphatic rings. The SMILES string of the molecule is OC(c1ccc(F)cc1)c1csc(I)c1. The van der Waals surface area contributed by atoms with Crippen LogP contribution < -0.4 is 0 Å². The fourth-order valence-electron chi connectivity index (χ4n) is 1.30. The number of aliphatic hydroxyl groups is 1. The third-order valence-electron chi connectivity index (χ3n) is 2.09. The molecule has 0 saturated heterocycles. The van der Waals surface area contributed by atoms with Gasteiger partial charge in [-0.15, -0.1) is 11.3 Å². The third-order valence-corrected chi connectivity index (χ3v) is 3.90. The van der Waals surface area contributed by atoms with E-state index >= 15 is 0 Å². The van der Waals surface area contributed by atoms with E-state index in [-0.39, 0.29) is 5.82 Å². The van der Waals surface area contributed by atoms with Gasteiger partial charge in [0.1, 0.15) is 11.9 Å². The standard InChI is InChI=1S/C11H8FIOS/c12-9-3-1-7(2-4-9)11(14)8-5-10(13)15-6-8/h1-6,11,14H. The van der Waals surface area contributed by atoms with Gasteiger partial charge >= 0.3 is 0 Å². The summed E-state index contributed by atoms with van der Waals surface area (Å²) in [6.07, 6.45) is -0.662. The molecular weight excluding hydrogens is 326 g/mol. The van der Waals surface area contributed by atoms with Gasteiger partial charge in [-0.1, -0.05) is 12.1 Å². The molecule has 1 aromatic heterocycles. The molecule has 0 amide bonds. The largest absolute Gasteiger partial charge is 0.384 e. The molecule has 1 atom stereocenters. The maximum atomic E-state index is 12.7. The summed E-state index contributed by atoms with van der Waals surface area (Å²) in [5.74, 6) is -0.286. The van der Waals surface area contributed by atoms with Crippen LogP contribution in [0.4, 0.5) is 4.39 Å².